The van der Waals surface area contributed by atoms with Crippen LogP contribution >= 0.6 is 24.0 Å². The Hall–Kier alpha value is -1.13. The quantitative estimate of drug-likeness (QED) is 0.225. The van der Waals surface area contributed by atoms with Crippen LogP contribution in [0.15, 0.2) is 23.3 Å². The molecule has 7 nitrogen and oxygen atoms in total. The molecule has 0 saturated heterocycles. The van der Waals surface area contributed by atoms with Crippen molar-refractivity contribution in [3.8, 4) is 5.88 Å². The zero-order valence-electron chi connectivity index (χ0n) is 15.7. The van der Waals surface area contributed by atoms with Gasteiger partial charge >= 0.3 is 0 Å². The maximum absolute atomic E-state index is 5.53. The smallest absolute Gasteiger partial charge is 0.218 e. The van der Waals surface area contributed by atoms with Gasteiger partial charge < -0.3 is 25.0 Å². The number of hydrogen-bond acceptors (Lipinski definition) is 5. The average Bonchev–Trinajstić information content (AvgIpc) is 2.59. The van der Waals surface area contributed by atoms with Crippen LogP contribution in [0, 0.1) is 0 Å². The molecule has 0 radical (unpaired) electrons. The van der Waals surface area contributed by atoms with E-state index in [4.69, 9.17) is 9.47 Å². The summed E-state index contributed by atoms with van der Waals surface area (Å²) in [4.78, 5) is 10.8. The van der Waals surface area contributed by atoms with E-state index in [9.17, 15) is 0 Å². The van der Waals surface area contributed by atoms with E-state index in [1.54, 1.807) is 20.4 Å². The molecule has 2 N–H and O–H groups in total. The van der Waals surface area contributed by atoms with Crippen LogP contribution in [0.25, 0.3) is 0 Å². The first kappa shape index (κ1) is 23.9. The van der Waals surface area contributed by atoms with Crippen molar-refractivity contribution in [2.24, 2.45) is 4.99 Å². The van der Waals surface area contributed by atoms with E-state index in [1.807, 2.05) is 19.1 Å². The predicted molar refractivity (Wildman–Crippen MR) is 113 cm³/mol. The van der Waals surface area contributed by atoms with Crippen LogP contribution in [0.5, 0.6) is 5.88 Å². The van der Waals surface area contributed by atoms with E-state index in [0.717, 1.165) is 44.2 Å². The Morgan fingerprint density at radius 2 is 2.12 bits per heavy atom. The van der Waals surface area contributed by atoms with Crippen LogP contribution in [0.4, 0.5) is 0 Å². The predicted octanol–water partition coefficient (Wildman–Crippen LogP) is 1.73. The van der Waals surface area contributed by atoms with E-state index in [0.29, 0.717) is 19.0 Å². The molecule has 0 fully saturated rings. The summed E-state index contributed by atoms with van der Waals surface area (Å²) in [6.45, 7) is 6.77. The molecular weight excluding hydrogens is 433 g/mol. The number of aliphatic imine (C=N–C) groups is 1. The minimum atomic E-state index is 0. The van der Waals surface area contributed by atoms with Gasteiger partial charge in [-0.3, -0.25) is 4.99 Å². The number of likely N-dealkylation sites (N-methyl/N-ethyl adjacent to an activating group) is 1. The molecule has 8 heteroatoms. The second-order valence-electron chi connectivity index (χ2n) is 5.40. The number of nitrogens with zero attached hydrogens (tertiary/aromatic N) is 3. The molecule has 0 aliphatic rings. The summed E-state index contributed by atoms with van der Waals surface area (Å²) in [6, 6.07) is 3.91. The maximum atomic E-state index is 5.53. The highest BCUT2D eigenvalue weighted by molar-refractivity contribution is 14.0. The maximum Gasteiger partial charge on any atom is 0.218 e. The fourth-order valence-corrected chi connectivity index (χ4v) is 2.18. The van der Waals surface area contributed by atoms with Crippen LogP contribution in [0.1, 0.15) is 18.9 Å². The van der Waals surface area contributed by atoms with Gasteiger partial charge in [0.2, 0.25) is 5.88 Å². The van der Waals surface area contributed by atoms with Crippen molar-refractivity contribution in [2.45, 2.75) is 19.9 Å². The molecule has 0 unspecified atom stereocenters. The van der Waals surface area contributed by atoms with Gasteiger partial charge in [-0.2, -0.15) is 0 Å². The number of nitrogens with one attached hydrogen (secondary N) is 2. The van der Waals surface area contributed by atoms with Gasteiger partial charge in [0.1, 0.15) is 0 Å². The lowest BCUT2D eigenvalue weighted by atomic mass is 10.2. The second kappa shape index (κ2) is 15.2. The fourth-order valence-electron chi connectivity index (χ4n) is 2.18. The van der Waals surface area contributed by atoms with Crippen molar-refractivity contribution in [3.05, 3.63) is 23.9 Å². The minimum absolute atomic E-state index is 0. The van der Waals surface area contributed by atoms with Gasteiger partial charge in [0.25, 0.3) is 0 Å². The molecule has 1 aromatic heterocycles. The molecule has 144 valence electrons. The van der Waals surface area contributed by atoms with Crippen molar-refractivity contribution in [1.82, 2.24) is 20.5 Å². The Morgan fingerprint density at radius 1 is 1.32 bits per heavy atom. The van der Waals surface area contributed by atoms with Gasteiger partial charge in [0.15, 0.2) is 5.96 Å². The molecule has 0 spiro atoms. The summed E-state index contributed by atoms with van der Waals surface area (Å²) in [7, 11) is 5.61. The summed E-state index contributed by atoms with van der Waals surface area (Å²) in [5, 5.41) is 6.61. The zero-order chi connectivity index (χ0) is 17.6. The van der Waals surface area contributed by atoms with E-state index in [2.05, 4.69) is 32.6 Å². The molecule has 1 heterocycles. The van der Waals surface area contributed by atoms with Gasteiger partial charge in [-0.25, -0.2) is 4.98 Å². The molecule has 0 saturated carbocycles. The number of methoxy groups -OCH3 is 1. The monoisotopic (exact) mass is 465 g/mol. The Morgan fingerprint density at radius 3 is 2.80 bits per heavy atom. The van der Waals surface area contributed by atoms with Gasteiger partial charge in [-0.05, 0) is 26.5 Å². The van der Waals surface area contributed by atoms with Crippen molar-refractivity contribution >= 4 is 29.9 Å². The zero-order valence-corrected chi connectivity index (χ0v) is 18.1. The highest BCUT2D eigenvalue weighted by Gasteiger charge is 2.05. The molecule has 25 heavy (non-hydrogen) atoms. The normalized spacial score (nSPS) is 11.2. The summed E-state index contributed by atoms with van der Waals surface area (Å²) >= 11 is 0. The largest absolute Gasteiger partial charge is 0.478 e. The van der Waals surface area contributed by atoms with Gasteiger partial charge in [0, 0.05) is 58.7 Å². The number of guanidine groups is 1. The van der Waals surface area contributed by atoms with Crippen molar-refractivity contribution in [3.63, 3.8) is 0 Å². The Kier molecular flexibility index (Phi) is 14.5. The molecule has 0 bridgehead atoms. The van der Waals surface area contributed by atoms with Crippen LogP contribution < -0.4 is 15.4 Å². The number of aromatic nitrogens is 1. The van der Waals surface area contributed by atoms with E-state index in [-0.39, 0.29) is 24.0 Å². The van der Waals surface area contributed by atoms with Gasteiger partial charge in [0.05, 0.1) is 6.61 Å². The number of halogens is 1. The number of pyridine rings is 1. The third-order valence-electron chi connectivity index (χ3n) is 3.48. The lowest BCUT2D eigenvalue weighted by molar-refractivity contribution is 0.180. The molecule has 0 aliphatic carbocycles. The van der Waals surface area contributed by atoms with Crippen LogP contribution in [0.3, 0.4) is 0 Å². The van der Waals surface area contributed by atoms with Crippen LogP contribution in [-0.2, 0) is 11.3 Å². The summed E-state index contributed by atoms with van der Waals surface area (Å²) in [5.41, 5.74) is 1.01. The highest BCUT2D eigenvalue weighted by Crippen LogP contribution is 2.13. The Balaban J connectivity index is 0.00000576. The van der Waals surface area contributed by atoms with Crippen molar-refractivity contribution in [2.75, 3.05) is 54.1 Å². The first-order chi connectivity index (χ1) is 11.7. The molecule has 1 rings (SSSR count). The third-order valence-corrected chi connectivity index (χ3v) is 3.48. The van der Waals surface area contributed by atoms with E-state index in [1.165, 1.54) is 0 Å². The fraction of sp³-hybridized carbons (Fsp3) is 0.647. The molecule has 1 aromatic rings. The lowest BCUT2D eigenvalue weighted by Gasteiger charge is -2.18. The highest BCUT2D eigenvalue weighted by atomic mass is 127. The SMILES string of the molecule is CCOc1ncccc1CNC(=NC)NCCN(C)CCCOC.I. The van der Waals surface area contributed by atoms with Gasteiger partial charge in [-0.15, -0.1) is 24.0 Å². The third kappa shape index (κ3) is 10.5. The lowest BCUT2D eigenvalue weighted by Crippen LogP contribution is -2.40. The molecule has 0 atom stereocenters. The van der Waals surface area contributed by atoms with Crippen molar-refractivity contribution < 1.29 is 9.47 Å². The second-order valence-corrected chi connectivity index (χ2v) is 5.40. The first-order valence-corrected chi connectivity index (χ1v) is 8.40. The summed E-state index contributed by atoms with van der Waals surface area (Å²) in [6.07, 6.45) is 2.78. The minimum Gasteiger partial charge on any atom is -0.478 e. The van der Waals surface area contributed by atoms with Gasteiger partial charge in [-0.1, -0.05) is 6.07 Å². The van der Waals surface area contributed by atoms with Crippen LogP contribution in [-0.4, -0.2) is 69.9 Å². The Labute approximate surface area is 168 Å². The van der Waals surface area contributed by atoms with Crippen LogP contribution in [0.2, 0.25) is 0 Å². The summed E-state index contributed by atoms with van der Waals surface area (Å²) < 4.78 is 10.6. The number of rotatable bonds is 11. The molecule has 0 amide bonds. The van der Waals surface area contributed by atoms with Crippen molar-refractivity contribution in [1.29, 1.82) is 0 Å². The first-order valence-electron chi connectivity index (χ1n) is 8.40. The standard InChI is InChI=1S/C17H31N5O2.HI/c1-5-24-16-15(8-6-9-19-16)14-21-17(18-2)20-10-12-22(3)11-7-13-23-4;/h6,8-9H,5,7,10-14H2,1-4H3,(H2,18,20,21);1H. The molecule has 0 aromatic carbocycles. The van der Waals surface area contributed by atoms with E-state index >= 15 is 0 Å². The number of hydrogen-bond donors (Lipinski definition) is 2. The Bertz CT molecular complexity index is 488. The number of ether oxygens (including phenoxy) is 2. The topological polar surface area (TPSA) is 71.0 Å². The summed E-state index contributed by atoms with van der Waals surface area (Å²) in [5.74, 6) is 1.44. The average molecular weight is 465 g/mol. The molecule has 0 aliphatic heterocycles. The van der Waals surface area contributed by atoms with E-state index < -0.39 is 0 Å². The molecular formula is C17H32IN5O2.